The van der Waals surface area contributed by atoms with Crippen molar-refractivity contribution >= 4 is 28.5 Å². The van der Waals surface area contributed by atoms with Gasteiger partial charge in [0, 0.05) is 5.56 Å². The van der Waals surface area contributed by atoms with Crippen LogP contribution < -0.4 is 5.56 Å². The second-order valence-electron chi connectivity index (χ2n) is 6.01. The van der Waals surface area contributed by atoms with Gasteiger partial charge in [-0.2, -0.15) is 0 Å². The fourth-order valence-corrected chi connectivity index (χ4v) is 3.17. The van der Waals surface area contributed by atoms with E-state index in [1.54, 1.807) is 30.3 Å². The van der Waals surface area contributed by atoms with Crippen molar-refractivity contribution in [2.45, 2.75) is 0 Å². The number of H-pyrrole nitrogens is 1. The van der Waals surface area contributed by atoms with E-state index >= 15 is 0 Å². The van der Waals surface area contributed by atoms with Crippen LogP contribution in [-0.4, -0.2) is 21.0 Å². The maximum atomic E-state index is 12.2. The van der Waals surface area contributed by atoms with E-state index in [1.807, 2.05) is 30.3 Å². The molecular weight excluding hydrogens is 364 g/mol. The minimum absolute atomic E-state index is 0.0648. The third-order valence-corrected chi connectivity index (χ3v) is 4.62. The summed E-state index contributed by atoms with van der Waals surface area (Å²) in [5.41, 5.74) is 2.97. The molecule has 132 valence electrons. The zero-order chi connectivity index (χ0) is 19.0. The molecule has 27 heavy (non-hydrogen) atoms. The number of carboxylic acid groups (broad SMARTS) is 1. The van der Waals surface area contributed by atoms with Crippen LogP contribution in [0.3, 0.4) is 0 Å². The van der Waals surface area contributed by atoms with Crippen molar-refractivity contribution in [2.24, 2.45) is 0 Å². The van der Waals surface area contributed by atoms with E-state index in [-0.39, 0.29) is 16.1 Å². The van der Waals surface area contributed by atoms with Crippen LogP contribution in [0, 0.1) is 0 Å². The number of hydrogen-bond acceptors (Lipinski definition) is 3. The Hall–Kier alpha value is -3.44. The number of benzene rings is 3. The van der Waals surface area contributed by atoms with Gasteiger partial charge < -0.3 is 10.1 Å². The number of nitrogens with one attached hydrogen (secondary N) is 1. The number of para-hydroxylation sites is 1. The number of aromatic nitrogens is 2. The van der Waals surface area contributed by atoms with Crippen molar-refractivity contribution in [1.29, 1.82) is 0 Å². The Labute approximate surface area is 158 Å². The number of carbonyl (C=O) groups is 1. The molecule has 1 aromatic heterocycles. The molecular formula is C21H13ClN2O3. The van der Waals surface area contributed by atoms with Gasteiger partial charge in [-0.05, 0) is 35.4 Å². The summed E-state index contributed by atoms with van der Waals surface area (Å²) >= 11 is 6.04. The van der Waals surface area contributed by atoms with E-state index < -0.39 is 5.97 Å². The van der Waals surface area contributed by atoms with E-state index in [2.05, 4.69) is 9.97 Å². The summed E-state index contributed by atoms with van der Waals surface area (Å²) in [7, 11) is 0. The van der Waals surface area contributed by atoms with Crippen LogP contribution in [-0.2, 0) is 0 Å². The van der Waals surface area contributed by atoms with Gasteiger partial charge in [0.15, 0.2) is 0 Å². The highest BCUT2D eigenvalue weighted by molar-refractivity contribution is 6.33. The number of hydrogen-bond donors (Lipinski definition) is 2. The van der Waals surface area contributed by atoms with Gasteiger partial charge in [0.1, 0.15) is 5.82 Å². The van der Waals surface area contributed by atoms with Crippen LogP contribution >= 0.6 is 11.6 Å². The normalized spacial score (nSPS) is 10.9. The molecule has 0 aliphatic heterocycles. The number of rotatable bonds is 3. The highest BCUT2D eigenvalue weighted by Gasteiger charge is 2.10. The SMILES string of the molecule is O=C(O)c1ccc(-c2ccc(-c3nc4ccccc4c(=O)[nH]3)cc2)cc1Cl. The summed E-state index contributed by atoms with van der Waals surface area (Å²) in [6.45, 7) is 0. The molecule has 2 N–H and O–H groups in total. The van der Waals surface area contributed by atoms with Gasteiger partial charge in [-0.1, -0.05) is 54.1 Å². The monoisotopic (exact) mass is 376 g/mol. The zero-order valence-electron chi connectivity index (χ0n) is 13.9. The summed E-state index contributed by atoms with van der Waals surface area (Å²) in [4.78, 5) is 30.6. The highest BCUT2D eigenvalue weighted by atomic mass is 35.5. The molecule has 1 heterocycles. The molecule has 0 aliphatic carbocycles. The Morgan fingerprint density at radius 1 is 0.926 bits per heavy atom. The first kappa shape index (κ1) is 17.0. The van der Waals surface area contributed by atoms with Gasteiger partial charge in [0.25, 0.3) is 5.56 Å². The van der Waals surface area contributed by atoms with Crippen LogP contribution in [0.5, 0.6) is 0 Å². The Kier molecular flexibility index (Phi) is 4.22. The number of aromatic carboxylic acids is 1. The first-order chi connectivity index (χ1) is 13.0. The van der Waals surface area contributed by atoms with Crippen LogP contribution in [0.2, 0.25) is 5.02 Å². The summed E-state index contributed by atoms with van der Waals surface area (Å²) < 4.78 is 0. The van der Waals surface area contributed by atoms with Gasteiger partial charge in [-0.3, -0.25) is 4.79 Å². The topological polar surface area (TPSA) is 83.0 Å². The lowest BCUT2D eigenvalue weighted by Crippen LogP contribution is -2.09. The molecule has 6 heteroatoms. The molecule has 3 aromatic carbocycles. The third kappa shape index (κ3) is 3.20. The van der Waals surface area contributed by atoms with Crippen molar-refractivity contribution in [1.82, 2.24) is 9.97 Å². The smallest absolute Gasteiger partial charge is 0.337 e. The maximum absolute atomic E-state index is 12.2. The number of nitrogens with zero attached hydrogens (tertiary/aromatic N) is 1. The molecule has 0 radical (unpaired) electrons. The average molecular weight is 377 g/mol. The molecule has 5 nitrogen and oxygen atoms in total. The predicted octanol–water partition coefficient (Wildman–Crippen LogP) is 4.61. The van der Waals surface area contributed by atoms with Gasteiger partial charge in [-0.15, -0.1) is 0 Å². The van der Waals surface area contributed by atoms with Crippen LogP contribution in [0.25, 0.3) is 33.4 Å². The minimum atomic E-state index is -1.06. The van der Waals surface area contributed by atoms with Crippen molar-refractivity contribution in [3.8, 4) is 22.5 Å². The zero-order valence-corrected chi connectivity index (χ0v) is 14.7. The summed E-state index contributed by atoms with van der Waals surface area (Å²) in [6, 6.07) is 19.4. The van der Waals surface area contributed by atoms with E-state index in [1.165, 1.54) is 6.07 Å². The molecule has 4 aromatic rings. The number of halogens is 1. The Morgan fingerprint density at radius 2 is 1.59 bits per heavy atom. The first-order valence-corrected chi connectivity index (χ1v) is 8.53. The van der Waals surface area contributed by atoms with Crippen molar-refractivity contribution in [3.05, 3.63) is 87.7 Å². The molecule has 0 bridgehead atoms. The standard InChI is InChI=1S/C21H13ClN2O3/c22-17-11-14(9-10-15(17)21(26)27)12-5-7-13(8-6-12)19-23-18-4-2-1-3-16(18)20(25)24-19/h1-11H,(H,26,27)(H,23,24,25). The fraction of sp³-hybridized carbons (Fsp3) is 0. The highest BCUT2D eigenvalue weighted by Crippen LogP contribution is 2.27. The molecule has 4 rings (SSSR count). The second kappa shape index (κ2) is 6.70. The lowest BCUT2D eigenvalue weighted by Gasteiger charge is -2.07. The average Bonchev–Trinajstić information content (AvgIpc) is 2.68. The Morgan fingerprint density at radius 3 is 2.30 bits per heavy atom. The number of aromatic amines is 1. The molecule has 0 spiro atoms. The molecule has 0 saturated heterocycles. The third-order valence-electron chi connectivity index (χ3n) is 4.30. The lowest BCUT2D eigenvalue weighted by molar-refractivity contribution is 0.0697. The Bertz CT molecular complexity index is 1230. The van der Waals surface area contributed by atoms with Gasteiger partial charge in [0.2, 0.25) is 0 Å². The molecule has 0 amide bonds. The largest absolute Gasteiger partial charge is 0.478 e. The van der Waals surface area contributed by atoms with Crippen LogP contribution in [0.15, 0.2) is 71.5 Å². The Balaban J connectivity index is 1.72. The lowest BCUT2D eigenvalue weighted by atomic mass is 10.0. The van der Waals surface area contributed by atoms with E-state index in [0.29, 0.717) is 16.7 Å². The first-order valence-electron chi connectivity index (χ1n) is 8.15. The summed E-state index contributed by atoms with van der Waals surface area (Å²) in [6.07, 6.45) is 0. The van der Waals surface area contributed by atoms with Crippen LogP contribution in [0.4, 0.5) is 0 Å². The van der Waals surface area contributed by atoms with E-state index in [0.717, 1.165) is 16.7 Å². The molecule has 0 atom stereocenters. The molecule has 0 aliphatic rings. The van der Waals surface area contributed by atoms with Crippen molar-refractivity contribution in [2.75, 3.05) is 0 Å². The van der Waals surface area contributed by atoms with Crippen LogP contribution in [0.1, 0.15) is 10.4 Å². The predicted molar refractivity (Wildman–Crippen MR) is 105 cm³/mol. The van der Waals surface area contributed by atoms with Crippen molar-refractivity contribution in [3.63, 3.8) is 0 Å². The van der Waals surface area contributed by atoms with Gasteiger partial charge >= 0.3 is 5.97 Å². The quantitative estimate of drug-likeness (QED) is 0.547. The maximum Gasteiger partial charge on any atom is 0.337 e. The minimum Gasteiger partial charge on any atom is -0.478 e. The second-order valence-corrected chi connectivity index (χ2v) is 6.42. The number of fused-ring (bicyclic) bond motifs is 1. The number of carboxylic acids is 1. The molecule has 0 fully saturated rings. The molecule has 0 unspecified atom stereocenters. The summed E-state index contributed by atoms with van der Waals surface area (Å²) in [5, 5.41) is 9.80. The fourth-order valence-electron chi connectivity index (χ4n) is 2.91. The van der Waals surface area contributed by atoms with Gasteiger partial charge in [-0.25, -0.2) is 9.78 Å². The summed E-state index contributed by atoms with van der Waals surface area (Å²) in [5.74, 6) is -0.572. The van der Waals surface area contributed by atoms with E-state index in [4.69, 9.17) is 16.7 Å². The van der Waals surface area contributed by atoms with E-state index in [9.17, 15) is 9.59 Å². The van der Waals surface area contributed by atoms with Gasteiger partial charge in [0.05, 0.1) is 21.5 Å². The molecule has 0 saturated carbocycles. The van der Waals surface area contributed by atoms with Crippen molar-refractivity contribution < 1.29 is 9.90 Å².